The van der Waals surface area contributed by atoms with Gasteiger partial charge >= 0.3 is 0 Å². The number of hydrogen-bond acceptors (Lipinski definition) is 4. The van der Waals surface area contributed by atoms with Crippen molar-refractivity contribution in [2.45, 2.75) is 59.1 Å². The van der Waals surface area contributed by atoms with Crippen LogP contribution in [0, 0.1) is 5.92 Å². The summed E-state index contributed by atoms with van der Waals surface area (Å²) in [4.78, 5) is 11.1. The molecule has 0 aliphatic carbocycles. The Bertz CT molecular complexity index is 738. The van der Waals surface area contributed by atoms with Crippen LogP contribution in [0.25, 0.3) is 0 Å². The van der Waals surface area contributed by atoms with Crippen LogP contribution in [0.1, 0.15) is 56.8 Å². The van der Waals surface area contributed by atoms with Gasteiger partial charge in [0.2, 0.25) is 0 Å². The summed E-state index contributed by atoms with van der Waals surface area (Å²) in [6.07, 6.45) is 1.81. The first-order chi connectivity index (χ1) is 13.8. The molecule has 2 aromatic rings. The lowest BCUT2D eigenvalue weighted by atomic mass is 10.00. The number of benzene rings is 2. The summed E-state index contributed by atoms with van der Waals surface area (Å²) in [5.74, 6) is 1.58. The lowest BCUT2D eigenvalue weighted by Crippen LogP contribution is -2.33. The lowest BCUT2D eigenvalue weighted by Gasteiger charge is -2.18. The predicted molar refractivity (Wildman–Crippen MR) is 118 cm³/mol. The molecule has 0 aliphatic heterocycles. The van der Waals surface area contributed by atoms with Gasteiger partial charge in [-0.05, 0) is 61.4 Å². The standard InChI is InChI=1S/C25H35NO3/c1-18(2)15-22-7-11-23(12-8-22)20(4)26-16-24(28)17-29-25-13-9-21(10-14-25)6-5-19(3)27/h7-14,18,20,24,26,28H,5-6,15-17H2,1-4H3/t20-,24-/m0/s1. The maximum absolute atomic E-state index is 11.1. The number of Topliss-reactive ketones (excluding diaryl/α,β-unsaturated/α-hetero) is 1. The first-order valence-electron chi connectivity index (χ1n) is 10.5. The Labute approximate surface area is 175 Å². The van der Waals surface area contributed by atoms with Crippen LogP contribution in [0.15, 0.2) is 48.5 Å². The van der Waals surface area contributed by atoms with Crippen molar-refractivity contribution in [2.75, 3.05) is 13.2 Å². The topological polar surface area (TPSA) is 58.6 Å². The largest absolute Gasteiger partial charge is 0.491 e. The Morgan fingerprint density at radius 1 is 1.00 bits per heavy atom. The molecule has 0 saturated carbocycles. The second-order valence-electron chi connectivity index (χ2n) is 8.28. The number of carbonyl (C=O) groups excluding carboxylic acids is 1. The van der Waals surface area contributed by atoms with Crippen LogP contribution < -0.4 is 10.1 Å². The van der Waals surface area contributed by atoms with E-state index in [0.29, 0.717) is 18.9 Å². The Morgan fingerprint density at radius 3 is 2.21 bits per heavy atom. The summed E-state index contributed by atoms with van der Waals surface area (Å²) < 4.78 is 5.68. The SMILES string of the molecule is CC(=O)CCc1ccc(OC[C@@H](O)CN[C@@H](C)c2ccc(CC(C)C)cc2)cc1. The number of carbonyl (C=O) groups is 1. The van der Waals surface area contributed by atoms with E-state index >= 15 is 0 Å². The van der Waals surface area contributed by atoms with Crippen LogP contribution in [0.2, 0.25) is 0 Å². The Balaban J connectivity index is 1.72. The molecule has 158 valence electrons. The number of hydrogen-bond donors (Lipinski definition) is 2. The van der Waals surface area contributed by atoms with Crippen molar-refractivity contribution in [1.29, 1.82) is 0 Å². The van der Waals surface area contributed by atoms with Crippen LogP contribution in [0.3, 0.4) is 0 Å². The molecule has 2 N–H and O–H groups in total. The van der Waals surface area contributed by atoms with Gasteiger partial charge in [-0.1, -0.05) is 50.2 Å². The minimum atomic E-state index is -0.588. The molecule has 2 rings (SSSR count). The lowest BCUT2D eigenvalue weighted by molar-refractivity contribution is -0.116. The Kier molecular flexibility index (Phi) is 9.36. The van der Waals surface area contributed by atoms with Gasteiger partial charge in [-0.25, -0.2) is 0 Å². The molecule has 0 bridgehead atoms. The summed E-state index contributed by atoms with van der Waals surface area (Å²) in [5, 5.41) is 13.6. The fourth-order valence-electron chi connectivity index (χ4n) is 3.17. The Morgan fingerprint density at radius 2 is 1.62 bits per heavy atom. The molecular formula is C25H35NO3. The van der Waals surface area contributed by atoms with Crippen LogP contribution in [0.5, 0.6) is 5.75 Å². The van der Waals surface area contributed by atoms with Crippen LogP contribution >= 0.6 is 0 Å². The van der Waals surface area contributed by atoms with Gasteiger partial charge in [-0.15, -0.1) is 0 Å². The minimum absolute atomic E-state index is 0.165. The van der Waals surface area contributed by atoms with Gasteiger partial charge in [-0.2, -0.15) is 0 Å². The van der Waals surface area contributed by atoms with Crippen molar-refractivity contribution in [3.8, 4) is 5.75 Å². The molecule has 29 heavy (non-hydrogen) atoms. The van der Waals surface area contributed by atoms with Crippen molar-refractivity contribution in [1.82, 2.24) is 5.32 Å². The molecule has 0 aliphatic rings. The molecule has 4 nitrogen and oxygen atoms in total. The molecule has 0 radical (unpaired) electrons. The molecule has 0 unspecified atom stereocenters. The average Bonchev–Trinajstić information content (AvgIpc) is 2.69. The van der Waals surface area contributed by atoms with Crippen LogP contribution in [-0.2, 0) is 17.6 Å². The molecule has 0 fully saturated rings. The van der Waals surface area contributed by atoms with E-state index in [-0.39, 0.29) is 18.4 Å². The third kappa shape index (κ3) is 8.80. The van der Waals surface area contributed by atoms with Crippen LogP contribution in [0.4, 0.5) is 0 Å². The molecule has 0 spiro atoms. The Hall–Kier alpha value is -2.17. The first kappa shape index (κ1) is 23.1. The average molecular weight is 398 g/mol. The van der Waals surface area contributed by atoms with E-state index in [1.165, 1.54) is 11.1 Å². The second kappa shape index (κ2) is 11.7. The summed E-state index contributed by atoms with van der Waals surface area (Å²) in [6.45, 7) is 8.86. The molecule has 2 aromatic carbocycles. The second-order valence-corrected chi connectivity index (χ2v) is 8.28. The molecule has 0 amide bonds. The molecule has 4 heteroatoms. The van der Waals surface area contributed by atoms with E-state index in [4.69, 9.17) is 4.74 Å². The van der Waals surface area contributed by atoms with E-state index in [1.54, 1.807) is 6.92 Å². The summed E-state index contributed by atoms with van der Waals surface area (Å²) in [7, 11) is 0. The number of ketones is 1. The fraction of sp³-hybridized carbons (Fsp3) is 0.480. The van der Waals surface area contributed by atoms with Crippen molar-refractivity contribution in [3.63, 3.8) is 0 Å². The zero-order chi connectivity index (χ0) is 21.2. The summed E-state index contributed by atoms with van der Waals surface area (Å²) >= 11 is 0. The van der Waals surface area contributed by atoms with Gasteiger partial charge in [0, 0.05) is 19.0 Å². The number of nitrogens with one attached hydrogen (secondary N) is 1. The minimum Gasteiger partial charge on any atom is -0.491 e. The number of aliphatic hydroxyl groups is 1. The van der Waals surface area contributed by atoms with Crippen molar-refractivity contribution < 1.29 is 14.6 Å². The van der Waals surface area contributed by atoms with Gasteiger partial charge in [0.15, 0.2) is 0 Å². The van der Waals surface area contributed by atoms with E-state index in [0.717, 1.165) is 24.2 Å². The van der Waals surface area contributed by atoms with Crippen molar-refractivity contribution in [3.05, 3.63) is 65.2 Å². The number of rotatable bonds is 12. The van der Waals surface area contributed by atoms with E-state index < -0.39 is 6.10 Å². The fourth-order valence-corrected chi connectivity index (χ4v) is 3.17. The molecular weight excluding hydrogens is 362 g/mol. The van der Waals surface area contributed by atoms with Gasteiger partial charge in [0.25, 0.3) is 0 Å². The smallest absolute Gasteiger partial charge is 0.130 e. The maximum Gasteiger partial charge on any atom is 0.130 e. The normalized spacial score (nSPS) is 13.3. The number of ether oxygens (including phenoxy) is 1. The monoisotopic (exact) mass is 397 g/mol. The number of aryl methyl sites for hydroxylation is 1. The zero-order valence-electron chi connectivity index (χ0n) is 18.2. The number of aliphatic hydroxyl groups excluding tert-OH is 1. The van der Waals surface area contributed by atoms with Gasteiger partial charge in [0.05, 0.1) is 0 Å². The van der Waals surface area contributed by atoms with E-state index in [1.807, 2.05) is 24.3 Å². The van der Waals surface area contributed by atoms with E-state index in [9.17, 15) is 9.90 Å². The van der Waals surface area contributed by atoms with E-state index in [2.05, 4.69) is 50.4 Å². The van der Waals surface area contributed by atoms with Gasteiger partial charge in [0.1, 0.15) is 24.2 Å². The molecule has 0 saturated heterocycles. The van der Waals surface area contributed by atoms with Gasteiger partial charge < -0.3 is 20.0 Å². The van der Waals surface area contributed by atoms with Crippen LogP contribution in [-0.4, -0.2) is 30.1 Å². The third-order valence-electron chi connectivity index (χ3n) is 4.91. The van der Waals surface area contributed by atoms with Crippen molar-refractivity contribution in [2.24, 2.45) is 5.92 Å². The zero-order valence-corrected chi connectivity index (χ0v) is 18.2. The van der Waals surface area contributed by atoms with Crippen molar-refractivity contribution >= 4 is 5.78 Å². The third-order valence-corrected chi connectivity index (χ3v) is 4.91. The highest BCUT2D eigenvalue weighted by Gasteiger charge is 2.10. The molecule has 2 atom stereocenters. The van der Waals surface area contributed by atoms with Gasteiger partial charge in [-0.3, -0.25) is 0 Å². The maximum atomic E-state index is 11.1. The molecule has 0 aromatic heterocycles. The first-order valence-corrected chi connectivity index (χ1v) is 10.5. The highest BCUT2D eigenvalue weighted by molar-refractivity contribution is 5.75. The summed E-state index contributed by atoms with van der Waals surface area (Å²) in [6, 6.07) is 16.6. The quantitative estimate of drug-likeness (QED) is 0.554. The highest BCUT2D eigenvalue weighted by Crippen LogP contribution is 2.16. The molecule has 0 heterocycles. The highest BCUT2D eigenvalue weighted by atomic mass is 16.5. The summed E-state index contributed by atoms with van der Waals surface area (Å²) in [5.41, 5.74) is 3.69. The predicted octanol–water partition coefficient (Wildman–Crippen LogP) is 4.50.